The molecule has 0 saturated heterocycles. The van der Waals surface area contributed by atoms with Crippen LogP contribution in [0, 0.1) is 5.82 Å². The molecule has 3 N–H and O–H groups in total. The summed E-state index contributed by atoms with van der Waals surface area (Å²) < 4.78 is 20.2. The lowest BCUT2D eigenvalue weighted by Gasteiger charge is -2.12. The van der Waals surface area contributed by atoms with Crippen molar-refractivity contribution in [2.24, 2.45) is 0 Å². The molecular weight excluding hydrogens is 437 g/mol. The van der Waals surface area contributed by atoms with Crippen molar-refractivity contribution in [2.45, 2.75) is 6.42 Å². The molecule has 8 heteroatoms. The number of phenols is 1. The monoisotopic (exact) mass is 459 g/mol. The fourth-order valence-corrected chi connectivity index (χ4v) is 3.60. The van der Waals surface area contributed by atoms with Crippen LogP contribution in [0.5, 0.6) is 11.5 Å². The van der Waals surface area contributed by atoms with Crippen LogP contribution < -0.4 is 15.4 Å². The molecule has 0 aliphatic heterocycles. The summed E-state index contributed by atoms with van der Waals surface area (Å²) in [6, 6.07) is 18.4. The van der Waals surface area contributed by atoms with Crippen LogP contribution in [-0.2, 0) is 16.0 Å². The van der Waals surface area contributed by atoms with Crippen LogP contribution in [0.2, 0.25) is 0 Å². The largest absolute Gasteiger partial charge is 0.504 e. The Hall–Kier alpha value is -4.46. The number of anilines is 1. The molecule has 0 fully saturated rings. The number of carbonyl (C=O) groups is 2. The topological polar surface area (TPSA) is 101 Å². The van der Waals surface area contributed by atoms with Crippen molar-refractivity contribution in [3.05, 3.63) is 84.3 Å². The first kappa shape index (κ1) is 22.7. The molecular formula is C26H22FN3O4. The van der Waals surface area contributed by atoms with Crippen molar-refractivity contribution >= 4 is 28.4 Å². The second kappa shape index (κ2) is 9.99. The number of nitrogens with zero attached hydrogens (tertiary/aromatic N) is 1. The van der Waals surface area contributed by atoms with Gasteiger partial charge in [0.2, 0.25) is 0 Å². The Morgan fingerprint density at radius 2 is 1.79 bits per heavy atom. The zero-order valence-corrected chi connectivity index (χ0v) is 18.3. The van der Waals surface area contributed by atoms with Crippen molar-refractivity contribution in [2.75, 3.05) is 19.0 Å². The van der Waals surface area contributed by atoms with Crippen LogP contribution in [0.15, 0.2) is 72.9 Å². The van der Waals surface area contributed by atoms with Crippen molar-refractivity contribution in [1.29, 1.82) is 0 Å². The molecule has 1 heterocycles. The summed E-state index contributed by atoms with van der Waals surface area (Å²) in [7, 11) is 1.42. The van der Waals surface area contributed by atoms with Crippen LogP contribution in [0.3, 0.4) is 0 Å². The van der Waals surface area contributed by atoms with Gasteiger partial charge in [0.05, 0.1) is 12.6 Å². The average molecular weight is 459 g/mol. The Bertz CT molecular complexity index is 1360. The molecule has 34 heavy (non-hydrogen) atoms. The first-order valence-electron chi connectivity index (χ1n) is 10.5. The molecule has 0 bridgehead atoms. The van der Waals surface area contributed by atoms with E-state index < -0.39 is 17.6 Å². The highest BCUT2D eigenvalue weighted by Gasteiger charge is 2.16. The van der Waals surface area contributed by atoms with Gasteiger partial charge in [-0.15, -0.1) is 0 Å². The molecule has 0 aliphatic carbocycles. The number of nitrogens with one attached hydrogen (secondary N) is 2. The minimum atomic E-state index is -0.880. The summed E-state index contributed by atoms with van der Waals surface area (Å²) in [5.74, 6) is -2.10. The number of phenolic OH excluding ortho intramolecular Hbond substituents is 1. The number of benzene rings is 3. The third-order valence-electron chi connectivity index (χ3n) is 5.31. The summed E-state index contributed by atoms with van der Waals surface area (Å²) in [5, 5.41) is 15.5. The fourth-order valence-electron chi connectivity index (χ4n) is 3.60. The molecule has 4 rings (SSSR count). The Balaban J connectivity index is 1.47. The van der Waals surface area contributed by atoms with Crippen LogP contribution >= 0.6 is 0 Å². The third-order valence-corrected chi connectivity index (χ3v) is 5.31. The Labute approximate surface area is 195 Å². The van der Waals surface area contributed by atoms with Crippen LogP contribution in [0.25, 0.3) is 22.0 Å². The summed E-state index contributed by atoms with van der Waals surface area (Å²) in [6.45, 7) is 0.303. The molecule has 0 unspecified atom stereocenters. The number of hydrogen-bond acceptors (Lipinski definition) is 5. The van der Waals surface area contributed by atoms with Crippen molar-refractivity contribution in [3.63, 3.8) is 0 Å². The molecule has 0 spiro atoms. The van der Waals surface area contributed by atoms with E-state index in [4.69, 9.17) is 4.74 Å². The van der Waals surface area contributed by atoms with Gasteiger partial charge >= 0.3 is 11.8 Å². The maximum atomic E-state index is 15.0. The van der Waals surface area contributed by atoms with E-state index in [9.17, 15) is 14.7 Å². The highest BCUT2D eigenvalue weighted by molar-refractivity contribution is 6.39. The van der Waals surface area contributed by atoms with Crippen LogP contribution in [0.1, 0.15) is 5.56 Å². The molecule has 1 aromatic heterocycles. The molecule has 0 radical (unpaired) electrons. The van der Waals surface area contributed by atoms with Gasteiger partial charge in [0, 0.05) is 35.4 Å². The number of methoxy groups -OCH3 is 1. The second-order valence-electron chi connectivity index (χ2n) is 7.54. The van der Waals surface area contributed by atoms with Crippen molar-refractivity contribution in [3.8, 4) is 22.6 Å². The number of amides is 2. The van der Waals surface area contributed by atoms with Gasteiger partial charge in [0.15, 0.2) is 11.5 Å². The smallest absolute Gasteiger partial charge is 0.313 e. The lowest BCUT2D eigenvalue weighted by molar-refractivity contribution is -0.136. The van der Waals surface area contributed by atoms with Crippen LogP contribution in [-0.4, -0.2) is 35.6 Å². The highest BCUT2D eigenvalue weighted by Crippen LogP contribution is 2.36. The first-order chi connectivity index (χ1) is 16.5. The number of rotatable bonds is 6. The maximum Gasteiger partial charge on any atom is 0.313 e. The fraction of sp³-hybridized carbons (Fsp3) is 0.115. The standard InChI is InChI=1S/C26H22FN3O4/c1-34-24-14-20-18(10-12-28-22(20)15-23(24)31)19-8-7-17(13-21(19)27)30-26(33)25(32)29-11-9-16-5-3-2-4-6-16/h2-8,10,12-15,31H,9,11H2,1H3,(H,29,32)(H,30,33). The van der Waals surface area contributed by atoms with Crippen LogP contribution in [0.4, 0.5) is 10.1 Å². The predicted octanol–water partition coefficient (Wildman–Crippen LogP) is 4.05. The van der Waals surface area contributed by atoms with Crippen molar-refractivity contribution < 1.29 is 23.8 Å². The first-order valence-corrected chi connectivity index (χ1v) is 10.5. The number of halogens is 1. The SMILES string of the molecule is COc1cc2c(-c3ccc(NC(=O)C(=O)NCCc4ccccc4)cc3F)ccnc2cc1O. The van der Waals surface area contributed by atoms with Gasteiger partial charge in [-0.05, 0) is 47.9 Å². The molecule has 0 aliphatic rings. The molecule has 172 valence electrons. The van der Waals surface area contributed by atoms with E-state index in [0.717, 1.165) is 11.6 Å². The minimum absolute atomic E-state index is 0.0692. The van der Waals surface area contributed by atoms with E-state index >= 15 is 4.39 Å². The lowest BCUT2D eigenvalue weighted by Crippen LogP contribution is -2.36. The van der Waals surface area contributed by atoms with E-state index in [1.54, 1.807) is 12.1 Å². The molecule has 0 atom stereocenters. The van der Waals surface area contributed by atoms with Gasteiger partial charge in [-0.2, -0.15) is 0 Å². The summed E-state index contributed by atoms with van der Waals surface area (Å²) in [5.41, 5.74) is 2.47. The van der Waals surface area contributed by atoms with Gasteiger partial charge in [0.25, 0.3) is 0 Å². The Morgan fingerprint density at radius 1 is 1.00 bits per heavy atom. The third kappa shape index (κ3) is 4.96. The number of ether oxygens (including phenoxy) is 1. The number of hydrogen-bond donors (Lipinski definition) is 3. The van der Waals surface area contributed by atoms with E-state index in [2.05, 4.69) is 15.6 Å². The average Bonchev–Trinajstić information content (AvgIpc) is 2.84. The van der Waals surface area contributed by atoms with Gasteiger partial charge in [-0.1, -0.05) is 30.3 Å². The molecule has 3 aromatic carbocycles. The zero-order chi connectivity index (χ0) is 24.1. The van der Waals surface area contributed by atoms with E-state index in [0.29, 0.717) is 29.4 Å². The van der Waals surface area contributed by atoms with E-state index in [-0.39, 0.29) is 22.7 Å². The van der Waals surface area contributed by atoms with Crippen molar-refractivity contribution in [1.82, 2.24) is 10.3 Å². The predicted molar refractivity (Wildman–Crippen MR) is 127 cm³/mol. The molecule has 0 saturated carbocycles. The minimum Gasteiger partial charge on any atom is -0.504 e. The molecule has 7 nitrogen and oxygen atoms in total. The number of aromatic hydroxyl groups is 1. The summed E-state index contributed by atoms with van der Waals surface area (Å²) in [4.78, 5) is 28.5. The quantitative estimate of drug-likeness (QED) is 0.378. The Morgan fingerprint density at radius 3 is 2.53 bits per heavy atom. The normalized spacial score (nSPS) is 10.6. The molecule has 4 aromatic rings. The van der Waals surface area contributed by atoms with E-state index in [1.165, 1.54) is 31.5 Å². The zero-order valence-electron chi connectivity index (χ0n) is 18.3. The van der Waals surface area contributed by atoms with E-state index in [1.807, 2.05) is 30.3 Å². The van der Waals surface area contributed by atoms with Gasteiger partial charge < -0.3 is 20.5 Å². The summed E-state index contributed by atoms with van der Waals surface area (Å²) >= 11 is 0. The number of carbonyl (C=O) groups excluding carboxylic acids is 2. The van der Waals surface area contributed by atoms with Gasteiger partial charge in [-0.3, -0.25) is 14.6 Å². The summed E-state index contributed by atoms with van der Waals surface area (Å²) in [6.07, 6.45) is 2.10. The van der Waals surface area contributed by atoms with Gasteiger partial charge in [-0.25, -0.2) is 4.39 Å². The van der Waals surface area contributed by atoms with Gasteiger partial charge in [0.1, 0.15) is 5.82 Å². The second-order valence-corrected chi connectivity index (χ2v) is 7.54. The highest BCUT2D eigenvalue weighted by atomic mass is 19.1. The number of aromatic nitrogens is 1. The number of pyridine rings is 1. The lowest BCUT2D eigenvalue weighted by atomic mass is 10.00. The number of fused-ring (bicyclic) bond motifs is 1. The Kier molecular flexibility index (Phi) is 6.68. The molecule has 2 amide bonds. The maximum absolute atomic E-state index is 15.0.